The van der Waals surface area contributed by atoms with Crippen LogP contribution in [0.25, 0.3) is 6.08 Å². The molecule has 1 aromatic heterocycles. The molecule has 0 saturated heterocycles. The van der Waals surface area contributed by atoms with Crippen LogP contribution in [0.4, 0.5) is 0 Å². The number of nitrogens with zero attached hydrogens (tertiary/aromatic N) is 1. The van der Waals surface area contributed by atoms with Gasteiger partial charge in [0.2, 0.25) is 0 Å². The Morgan fingerprint density at radius 3 is 3.00 bits per heavy atom. The molecule has 0 unspecified atom stereocenters. The van der Waals surface area contributed by atoms with Gasteiger partial charge in [-0.1, -0.05) is 12.7 Å². The number of thiol groups is 1. The van der Waals surface area contributed by atoms with E-state index in [4.69, 9.17) is 0 Å². The SMILES string of the molecule is C=Cc1cc(C)ncc1CS. The van der Waals surface area contributed by atoms with Crippen molar-refractivity contribution in [3.8, 4) is 0 Å². The van der Waals surface area contributed by atoms with Gasteiger partial charge in [0.15, 0.2) is 0 Å². The predicted octanol–water partition coefficient (Wildman–Crippen LogP) is 2.46. The summed E-state index contributed by atoms with van der Waals surface area (Å²) in [5.41, 5.74) is 3.28. The van der Waals surface area contributed by atoms with Gasteiger partial charge in [-0.25, -0.2) is 0 Å². The molecule has 2 heteroatoms. The Morgan fingerprint density at radius 2 is 2.45 bits per heavy atom. The van der Waals surface area contributed by atoms with E-state index in [1.807, 2.05) is 25.3 Å². The maximum atomic E-state index is 4.18. The highest BCUT2D eigenvalue weighted by atomic mass is 32.1. The van der Waals surface area contributed by atoms with Crippen molar-refractivity contribution in [2.75, 3.05) is 0 Å². The lowest BCUT2D eigenvalue weighted by molar-refractivity contribution is 1.16. The molecule has 0 aliphatic heterocycles. The van der Waals surface area contributed by atoms with Crippen molar-refractivity contribution >= 4 is 18.7 Å². The van der Waals surface area contributed by atoms with Crippen molar-refractivity contribution in [3.05, 3.63) is 35.7 Å². The third kappa shape index (κ3) is 1.84. The molecule has 0 saturated carbocycles. The van der Waals surface area contributed by atoms with Gasteiger partial charge < -0.3 is 0 Å². The fourth-order valence-electron chi connectivity index (χ4n) is 0.931. The van der Waals surface area contributed by atoms with E-state index in [0.717, 1.165) is 16.8 Å². The number of rotatable bonds is 2. The molecule has 11 heavy (non-hydrogen) atoms. The standard InChI is InChI=1S/C9H11NS/c1-3-8-4-7(2)10-5-9(8)6-11/h3-5,11H,1,6H2,2H3. The Labute approximate surface area is 72.6 Å². The van der Waals surface area contributed by atoms with Crippen LogP contribution in [0.2, 0.25) is 0 Å². The smallest absolute Gasteiger partial charge is 0.0378 e. The van der Waals surface area contributed by atoms with E-state index in [-0.39, 0.29) is 0 Å². The normalized spacial score (nSPS) is 9.64. The summed E-state index contributed by atoms with van der Waals surface area (Å²) in [5.74, 6) is 0.717. The van der Waals surface area contributed by atoms with Crippen molar-refractivity contribution in [3.63, 3.8) is 0 Å². The summed E-state index contributed by atoms with van der Waals surface area (Å²) >= 11 is 4.18. The zero-order valence-electron chi connectivity index (χ0n) is 6.54. The van der Waals surface area contributed by atoms with E-state index in [9.17, 15) is 0 Å². The number of hydrogen-bond acceptors (Lipinski definition) is 2. The summed E-state index contributed by atoms with van der Waals surface area (Å²) < 4.78 is 0. The van der Waals surface area contributed by atoms with Gasteiger partial charge >= 0.3 is 0 Å². The van der Waals surface area contributed by atoms with Gasteiger partial charge in [-0.2, -0.15) is 12.6 Å². The number of hydrogen-bond donors (Lipinski definition) is 1. The predicted molar refractivity (Wildman–Crippen MR) is 51.8 cm³/mol. The first-order valence-electron chi connectivity index (χ1n) is 3.46. The molecule has 0 atom stereocenters. The largest absolute Gasteiger partial charge is 0.261 e. The molecule has 0 amide bonds. The van der Waals surface area contributed by atoms with Gasteiger partial charge in [-0.15, -0.1) is 0 Å². The summed E-state index contributed by atoms with van der Waals surface area (Å²) in [5, 5.41) is 0. The highest BCUT2D eigenvalue weighted by Crippen LogP contribution is 2.12. The first-order chi connectivity index (χ1) is 5.27. The number of aromatic nitrogens is 1. The highest BCUT2D eigenvalue weighted by molar-refractivity contribution is 7.79. The number of pyridine rings is 1. The summed E-state index contributed by atoms with van der Waals surface area (Å²) in [6.07, 6.45) is 3.68. The molecular weight excluding hydrogens is 154 g/mol. The van der Waals surface area contributed by atoms with Crippen molar-refractivity contribution < 1.29 is 0 Å². The van der Waals surface area contributed by atoms with E-state index in [2.05, 4.69) is 24.2 Å². The van der Waals surface area contributed by atoms with E-state index in [1.54, 1.807) is 0 Å². The highest BCUT2D eigenvalue weighted by Gasteiger charge is 1.96. The Balaban J connectivity index is 3.16. The fraction of sp³-hybridized carbons (Fsp3) is 0.222. The molecule has 0 spiro atoms. The molecule has 0 aromatic carbocycles. The van der Waals surface area contributed by atoms with Crippen LogP contribution < -0.4 is 0 Å². The van der Waals surface area contributed by atoms with Crippen molar-refractivity contribution in [2.24, 2.45) is 0 Å². The Bertz CT molecular complexity index is 268. The second-order valence-corrected chi connectivity index (χ2v) is 2.70. The molecule has 0 bridgehead atoms. The van der Waals surface area contributed by atoms with Crippen molar-refractivity contribution in [1.82, 2.24) is 4.98 Å². The van der Waals surface area contributed by atoms with Gasteiger partial charge in [-0.05, 0) is 24.1 Å². The van der Waals surface area contributed by atoms with E-state index < -0.39 is 0 Å². The third-order valence-electron chi connectivity index (χ3n) is 1.55. The minimum absolute atomic E-state index is 0.717. The molecule has 0 aliphatic rings. The molecule has 0 fully saturated rings. The van der Waals surface area contributed by atoms with Gasteiger partial charge in [-0.3, -0.25) is 4.98 Å². The summed E-state index contributed by atoms with van der Waals surface area (Å²) in [6.45, 7) is 5.69. The summed E-state index contributed by atoms with van der Waals surface area (Å²) in [6, 6.07) is 2.01. The molecular formula is C9H11NS. The molecule has 1 aromatic rings. The van der Waals surface area contributed by atoms with Crippen LogP contribution in [0, 0.1) is 6.92 Å². The van der Waals surface area contributed by atoms with Crippen LogP contribution in [0.1, 0.15) is 16.8 Å². The van der Waals surface area contributed by atoms with Crippen LogP contribution in [-0.2, 0) is 5.75 Å². The van der Waals surface area contributed by atoms with Crippen molar-refractivity contribution in [1.29, 1.82) is 0 Å². The van der Waals surface area contributed by atoms with Crippen LogP contribution in [-0.4, -0.2) is 4.98 Å². The first-order valence-corrected chi connectivity index (χ1v) is 4.10. The van der Waals surface area contributed by atoms with E-state index in [1.165, 1.54) is 0 Å². The molecule has 1 nitrogen and oxygen atoms in total. The molecule has 1 rings (SSSR count). The molecule has 1 heterocycles. The quantitative estimate of drug-likeness (QED) is 0.664. The zero-order valence-corrected chi connectivity index (χ0v) is 7.44. The zero-order chi connectivity index (χ0) is 8.27. The monoisotopic (exact) mass is 165 g/mol. The fourth-order valence-corrected chi connectivity index (χ4v) is 1.20. The summed E-state index contributed by atoms with van der Waals surface area (Å²) in [7, 11) is 0. The van der Waals surface area contributed by atoms with Crippen molar-refractivity contribution in [2.45, 2.75) is 12.7 Å². The van der Waals surface area contributed by atoms with Crippen LogP contribution >= 0.6 is 12.6 Å². The average molecular weight is 165 g/mol. The van der Waals surface area contributed by atoms with Crippen LogP contribution in [0.15, 0.2) is 18.8 Å². The molecule has 0 N–H and O–H groups in total. The summed E-state index contributed by atoms with van der Waals surface area (Å²) in [4.78, 5) is 4.16. The van der Waals surface area contributed by atoms with Gasteiger partial charge in [0.1, 0.15) is 0 Å². The maximum absolute atomic E-state index is 4.18. The molecule has 0 aliphatic carbocycles. The van der Waals surface area contributed by atoms with Gasteiger partial charge in [0, 0.05) is 17.6 Å². The molecule has 0 radical (unpaired) electrons. The lowest BCUT2D eigenvalue weighted by Gasteiger charge is -2.01. The second-order valence-electron chi connectivity index (χ2n) is 2.39. The van der Waals surface area contributed by atoms with E-state index >= 15 is 0 Å². The van der Waals surface area contributed by atoms with Gasteiger partial charge in [0.25, 0.3) is 0 Å². The number of aryl methyl sites for hydroxylation is 1. The van der Waals surface area contributed by atoms with E-state index in [0.29, 0.717) is 5.75 Å². The Morgan fingerprint density at radius 1 is 1.73 bits per heavy atom. The second kappa shape index (κ2) is 3.58. The van der Waals surface area contributed by atoms with Crippen LogP contribution in [0.3, 0.4) is 0 Å². The third-order valence-corrected chi connectivity index (χ3v) is 1.89. The van der Waals surface area contributed by atoms with Crippen LogP contribution in [0.5, 0.6) is 0 Å². The Hall–Kier alpha value is -0.760. The average Bonchev–Trinajstić information content (AvgIpc) is 2.04. The lowest BCUT2D eigenvalue weighted by atomic mass is 10.1. The Kier molecular flexibility index (Phi) is 2.71. The maximum Gasteiger partial charge on any atom is 0.0378 e. The topological polar surface area (TPSA) is 12.9 Å². The minimum Gasteiger partial charge on any atom is -0.261 e. The first kappa shape index (κ1) is 8.34. The molecule has 58 valence electrons. The minimum atomic E-state index is 0.717. The lowest BCUT2D eigenvalue weighted by Crippen LogP contribution is -1.89. The van der Waals surface area contributed by atoms with Gasteiger partial charge in [0.05, 0.1) is 0 Å².